The average molecular weight is 218 g/mol. The molecule has 7 heteroatoms. The first-order valence-electron chi connectivity index (χ1n) is 4.19. The molecule has 0 unspecified atom stereocenters. The fourth-order valence-corrected chi connectivity index (χ4v) is 1.86. The van der Waals surface area contributed by atoms with Gasteiger partial charge in [0.2, 0.25) is 0 Å². The SMILES string of the molecule is Nc1ncnc2nc(-c3cncs3)[nH]c12. The minimum atomic E-state index is 0.406. The highest BCUT2D eigenvalue weighted by Gasteiger charge is 2.09. The zero-order valence-corrected chi connectivity index (χ0v) is 8.32. The third kappa shape index (κ3) is 1.24. The zero-order chi connectivity index (χ0) is 10.3. The van der Waals surface area contributed by atoms with E-state index in [2.05, 4.69) is 24.9 Å². The molecule has 0 aliphatic heterocycles. The van der Waals surface area contributed by atoms with Crippen molar-refractivity contribution < 1.29 is 0 Å². The van der Waals surface area contributed by atoms with E-state index in [1.54, 1.807) is 11.7 Å². The molecular formula is C8H6N6S. The first kappa shape index (κ1) is 8.30. The van der Waals surface area contributed by atoms with Crippen molar-refractivity contribution in [2.75, 3.05) is 5.73 Å². The highest BCUT2D eigenvalue weighted by molar-refractivity contribution is 7.13. The smallest absolute Gasteiger partial charge is 0.183 e. The molecule has 0 aromatic carbocycles. The summed E-state index contributed by atoms with van der Waals surface area (Å²) in [4.78, 5) is 20.2. The van der Waals surface area contributed by atoms with Gasteiger partial charge in [-0.3, -0.25) is 4.98 Å². The first-order valence-corrected chi connectivity index (χ1v) is 5.07. The Labute approximate surface area is 88.2 Å². The summed E-state index contributed by atoms with van der Waals surface area (Å²) in [5, 5.41) is 0. The van der Waals surface area contributed by atoms with Gasteiger partial charge >= 0.3 is 0 Å². The van der Waals surface area contributed by atoms with Crippen LogP contribution in [0.2, 0.25) is 0 Å². The van der Waals surface area contributed by atoms with Gasteiger partial charge in [-0.15, -0.1) is 11.3 Å². The van der Waals surface area contributed by atoms with Gasteiger partial charge in [-0.05, 0) is 0 Å². The monoisotopic (exact) mass is 218 g/mol. The summed E-state index contributed by atoms with van der Waals surface area (Å²) in [6.45, 7) is 0. The van der Waals surface area contributed by atoms with Crippen molar-refractivity contribution in [2.45, 2.75) is 0 Å². The van der Waals surface area contributed by atoms with Crippen LogP contribution in [-0.2, 0) is 0 Å². The van der Waals surface area contributed by atoms with Crippen molar-refractivity contribution in [3.8, 4) is 10.7 Å². The van der Waals surface area contributed by atoms with Crippen LogP contribution < -0.4 is 5.73 Å². The molecular weight excluding hydrogens is 212 g/mol. The Kier molecular flexibility index (Phi) is 1.65. The molecule has 0 amide bonds. The number of nitrogen functional groups attached to an aromatic ring is 1. The van der Waals surface area contributed by atoms with E-state index < -0.39 is 0 Å². The van der Waals surface area contributed by atoms with Crippen LogP contribution in [0, 0.1) is 0 Å². The lowest BCUT2D eigenvalue weighted by atomic mass is 10.5. The summed E-state index contributed by atoms with van der Waals surface area (Å²) in [6, 6.07) is 0. The minimum Gasteiger partial charge on any atom is -0.382 e. The largest absolute Gasteiger partial charge is 0.382 e. The molecule has 0 aliphatic carbocycles. The van der Waals surface area contributed by atoms with Gasteiger partial charge in [0.1, 0.15) is 11.8 Å². The lowest BCUT2D eigenvalue weighted by Crippen LogP contribution is -1.91. The number of hydrogen-bond donors (Lipinski definition) is 2. The van der Waals surface area contributed by atoms with Crippen LogP contribution in [0.15, 0.2) is 18.0 Å². The third-order valence-electron chi connectivity index (χ3n) is 1.98. The molecule has 6 nitrogen and oxygen atoms in total. The maximum Gasteiger partial charge on any atom is 0.183 e. The number of nitrogens with two attached hydrogens (primary N) is 1. The van der Waals surface area contributed by atoms with Gasteiger partial charge in [0.05, 0.1) is 10.4 Å². The second-order valence-corrected chi connectivity index (χ2v) is 3.79. The number of aromatic nitrogens is 5. The molecule has 3 aromatic rings. The number of rotatable bonds is 1. The van der Waals surface area contributed by atoms with E-state index in [1.165, 1.54) is 17.7 Å². The van der Waals surface area contributed by atoms with Crippen molar-refractivity contribution >= 4 is 28.3 Å². The van der Waals surface area contributed by atoms with E-state index >= 15 is 0 Å². The van der Waals surface area contributed by atoms with Crippen LogP contribution in [0.3, 0.4) is 0 Å². The summed E-state index contributed by atoms with van der Waals surface area (Å²) in [5.41, 5.74) is 8.68. The van der Waals surface area contributed by atoms with Crippen LogP contribution >= 0.6 is 11.3 Å². The number of H-pyrrole nitrogens is 1. The molecule has 0 aliphatic rings. The number of anilines is 1. The number of nitrogens with zero attached hydrogens (tertiary/aromatic N) is 4. The predicted octanol–water partition coefficient (Wildman–Crippen LogP) is 1.06. The predicted molar refractivity (Wildman–Crippen MR) is 57.2 cm³/mol. The van der Waals surface area contributed by atoms with Crippen LogP contribution in [-0.4, -0.2) is 24.9 Å². The van der Waals surface area contributed by atoms with Crippen molar-refractivity contribution in [2.24, 2.45) is 0 Å². The average Bonchev–Trinajstić information content (AvgIpc) is 2.86. The summed E-state index contributed by atoms with van der Waals surface area (Å²) in [6.07, 6.45) is 3.14. The first-order chi connectivity index (χ1) is 7.34. The van der Waals surface area contributed by atoms with Gasteiger partial charge in [0.25, 0.3) is 0 Å². The Hall–Kier alpha value is -2.02. The van der Waals surface area contributed by atoms with E-state index in [1.807, 2.05) is 0 Å². The molecule has 0 bridgehead atoms. The Balaban J connectivity index is 2.27. The second-order valence-electron chi connectivity index (χ2n) is 2.91. The number of aromatic amines is 1. The molecule has 74 valence electrons. The van der Waals surface area contributed by atoms with E-state index in [0.717, 1.165) is 10.7 Å². The molecule has 0 atom stereocenters. The van der Waals surface area contributed by atoms with E-state index in [-0.39, 0.29) is 0 Å². The number of fused-ring (bicyclic) bond motifs is 1. The van der Waals surface area contributed by atoms with Crippen molar-refractivity contribution in [3.05, 3.63) is 18.0 Å². The Bertz CT molecular complexity index is 599. The van der Waals surface area contributed by atoms with Gasteiger partial charge in [-0.25, -0.2) is 15.0 Å². The van der Waals surface area contributed by atoms with Crippen LogP contribution in [0.25, 0.3) is 21.9 Å². The fourth-order valence-electron chi connectivity index (χ4n) is 1.30. The Morgan fingerprint density at radius 1 is 1.33 bits per heavy atom. The molecule has 15 heavy (non-hydrogen) atoms. The van der Waals surface area contributed by atoms with Gasteiger partial charge < -0.3 is 10.7 Å². The van der Waals surface area contributed by atoms with Crippen LogP contribution in [0.5, 0.6) is 0 Å². The van der Waals surface area contributed by atoms with E-state index in [0.29, 0.717) is 17.0 Å². The van der Waals surface area contributed by atoms with Crippen molar-refractivity contribution in [1.82, 2.24) is 24.9 Å². The molecule has 3 N–H and O–H groups in total. The number of imidazole rings is 1. The molecule has 3 aromatic heterocycles. The lowest BCUT2D eigenvalue weighted by molar-refractivity contribution is 1.21. The van der Waals surface area contributed by atoms with Gasteiger partial charge in [-0.1, -0.05) is 0 Å². The minimum absolute atomic E-state index is 0.406. The molecule has 3 heterocycles. The Morgan fingerprint density at radius 2 is 2.27 bits per heavy atom. The highest BCUT2D eigenvalue weighted by Crippen LogP contribution is 2.23. The normalized spacial score (nSPS) is 10.9. The van der Waals surface area contributed by atoms with Gasteiger partial charge in [-0.2, -0.15) is 0 Å². The number of nitrogens with one attached hydrogen (secondary N) is 1. The summed E-state index contributed by atoms with van der Waals surface area (Å²) in [5.74, 6) is 1.13. The summed E-state index contributed by atoms with van der Waals surface area (Å²) >= 11 is 1.50. The summed E-state index contributed by atoms with van der Waals surface area (Å²) < 4.78 is 0. The second kappa shape index (κ2) is 2.99. The highest BCUT2D eigenvalue weighted by atomic mass is 32.1. The lowest BCUT2D eigenvalue weighted by Gasteiger charge is -1.89. The van der Waals surface area contributed by atoms with Crippen molar-refractivity contribution in [3.63, 3.8) is 0 Å². The maximum atomic E-state index is 5.69. The quantitative estimate of drug-likeness (QED) is 0.637. The fraction of sp³-hybridized carbons (Fsp3) is 0. The molecule has 0 saturated carbocycles. The van der Waals surface area contributed by atoms with E-state index in [4.69, 9.17) is 5.73 Å². The molecule has 0 radical (unpaired) electrons. The standard InChI is InChI=1S/C8H6N6S/c9-6-5-8(12-2-11-6)14-7(13-5)4-1-10-3-15-4/h1-3H,(H3,9,11,12,13,14). The maximum absolute atomic E-state index is 5.69. The number of thiazole rings is 1. The Morgan fingerprint density at radius 3 is 3.00 bits per heavy atom. The third-order valence-corrected chi connectivity index (χ3v) is 2.76. The van der Waals surface area contributed by atoms with Crippen LogP contribution in [0.1, 0.15) is 0 Å². The zero-order valence-electron chi connectivity index (χ0n) is 7.51. The van der Waals surface area contributed by atoms with E-state index in [9.17, 15) is 0 Å². The van der Waals surface area contributed by atoms with Gasteiger partial charge in [0.15, 0.2) is 17.3 Å². The molecule has 0 saturated heterocycles. The molecule has 0 spiro atoms. The van der Waals surface area contributed by atoms with Crippen molar-refractivity contribution in [1.29, 1.82) is 0 Å². The number of hydrogen-bond acceptors (Lipinski definition) is 6. The molecule has 3 rings (SSSR count). The topological polar surface area (TPSA) is 93.4 Å². The molecule has 0 fully saturated rings. The summed E-state index contributed by atoms with van der Waals surface area (Å²) in [7, 11) is 0. The van der Waals surface area contributed by atoms with Crippen LogP contribution in [0.4, 0.5) is 5.82 Å². The van der Waals surface area contributed by atoms with Gasteiger partial charge in [0, 0.05) is 6.20 Å².